The highest BCUT2D eigenvalue weighted by Crippen LogP contribution is 2.14. The SMILES string of the molecule is CO/C=C1/CCCCCCC(=[N+]=[N-])C(=O)OC1. The van der Waals surface area contributed by atoms with Gasteiger partial charge >= 0.3 is 11.7 Å². The fourth-order valence-corrected chi connectivity index (χ4v) is 1.76. The Bertz CT molecular complexity index is 344. The molecule has 0 atom stereocenters. The maximum atomic E-state index is 11.5. The molecule has 0 aliphatic carbocycles. The Labute approximate surface area is 101 Å². The molecule has 1 rings (SSSR count). The molecule has 0 aromatic rings. The van der Waals surface area contributed by atoms with Crippen molar-refractivity contribution in [3.8, 4) is 0 Å². The zero-order valence-corrected chi connectivity index (χ0v) is 10.1. The van der Waals surface area contributed by atoms with E-state index in [9.17, 15) is 4.79 Å². The van der Waals surface area contributed by atoms with Gasteiger partial charge in [-0.1, -0.05) is 12.8 Å². The van der Waals surface area contributed by atoms with Crippen LogP contribution in [0.3, 0.4) is 0 Å². The average Bonchev–Trinajstić information content (AvgIpc) is 2.37. The molecule has 1 saturated heterocycles. The van der Waals surface area contributed by atoms with Gasteiger partial charge in [0.15, 0.2) is 0 Å². The number of nitrogens with zero attached hydrogens (tertiary/aromatic N) is 2. The summed E-state index contributed by atoms with van der Waals surface area (Å²) in [6.45, 7) is 0.200. The number of ether oxygens (including phenoxy) is 2. The first-order valence-electron chi connectivity index (χ1n) is 5.86. The van der Waals surface area contributed by atoms with Crippen LogP contribution in [0.1, 0.15) is 38.5 Å². The number of esters is 1. The standard InChI is InChI=1S/C12H18N2O3/c1-16-8-10-6-4-2-3-5-7-11(14-13)12(15)17-9-10/h8H,2-7,9H2,1H3/b10-8-. The molecule has 1 aliphatic rings. The molecule has 0 spiro atoms. The van der Waals surface area contributed by atoms with E-state index in [0.29, 0.717) is 6.42 Å². The van der Waals surface area contributed by atoms with Crippen LogP contribution in [0.25, 0.3) is 5.53 Å². The van der Waals surface area contributed by atoms with E-state index in [1.807, 2.05) is 0 Å². The third-order valence-corrected chi connectivity index (χ3v) is 2.69. The predicted octanol–water partition coefficient (Wildman–Crippen LogP) is 2.08. The summed E-state index contributed by atoms with van der Waals surface area (Å²) in [4.78, 5) is 14.5. The van der Waals surface area contributed by atoms with Crippen LogP contribution in [0.2, 0.25) is 0 Å². The Hall–Kier alpha value is -1.61. The average molecular weight is 238 g/mol. The lowest BCUT2D eigenvalue weighted by atomic mass is 10.1. The van der Waals surface area contributed by atoms with E-state index in [-0.39, 0.29) is 12.3 Å². The lowest BCUT2D eigenvalue weighted by Gasteiger charge is -2.06. The van der Waals surface area contributed by atoms with Gasteiger partial charge in [-0.3, -0.25) is 0 Å². The highest BCUT2D eigenvalue weighted by atomic mass is 16.5. The molecular formula is C12H18N2O3. The monoisotopic (exact) mass is 238 g/mol. The molecule has 0 radical (unpaired) electrons. The van der Waals surface area contributed by atoms with E-state index in [4.69, 9.17) is 15.0 Å². The molecule has 0 aromatic carbocycles. The molecule has 0 saturated carbocycles. The van der Waals surface area contributed by atoms with Gasteiger partial charge < -0.3 is 15.0 Å². The van der Waals surface area contributed by atoms with Crippen molar-refractivity contribution in [3.63, 3.8) is 0 Å². The molecule has 0 aromatic heterocycles. The molecule has 94 valence electrons. The molecule has 1 aliphatic heterocycles. The van der Waals surface area contributed by atoms with Crippen LogP contribution < -0.4 is 0 Å². The Balaban J connectivity index is 2.68. The fraction of sp³-hybridized carbons (Fsp3) is 0.667. The molecule has 0 bridgehead atoms. The van der Waals surface area contributed by atoms with Crippen molar-refractivity contribution in [1.82, 2.24) is 0 Å². The number of carbonyl (C=O) groups is 1. The van der Waals surface area contributed by atoms with Crippen molar-refractivity contribution in [2.75, 3.05) is 13.7 Å². The topological polar surface area (TPSA) is 71.9 Å². The Morgan fingerprint density at radius 3 is 2.65 bits per heavy atom. The zero-order valence-electron chi connectivity index (χ0n) is 10.1. The van der Waals surface area contributed by atoms with Crippen LogP contribution in [0.5, 0.6) is 0 Å². The fourth-order valence-electron chi connectivity index (χ4n) is 1.76. The Kier molecular flexibility index (Phi) is 6.04. The zero-order chi connectivity index (χ0) is 12.5. The summed E-state index contributed by atoms with van der Waals surface area (Å²) in [7, 11) is 1.57. The molecule has 5 nitrogen and oxygen atoms in total. The summed E-state index contributed by atoms with van der Waals surface area (Å²) in [6, 6.07) is 0. The third kappa shape index (κ3) is 4.83. The Morgan fingerprint density at radius 2 is 2.00 bits per heavy atom. The van der Waals surface area contributed by atoms with Gasteiger partial charge in [-0.05, 0) is 19.3 Å². The predicted molar refractivity (Wildman–Crippen MR) is 62.4 cm³/mol. The molecule has 5 heteroatoms. The van der Waals surface area contributed by atoms with Crippen LogP contribution >= 0.6 is 0 Å². The number of hydrogen-bond acceptors (Lipinski definition) is 3. The van der Waals surface area contributed by atoms with Crippen molar-refractivity contribution in [3.05, 3.63) is 17.4 Å². The minimum absolute atomic E-state index is 0.101. The van der Waals surface area contributed by atoms with Crippen molar-refractivity contribution in [2.45, 2.75) is 38.5 Å². The van der Waals surface area contributed by atoms with Crippen LogP contribution in [-0.4, -0.2) is 30.2 Å². The second-order valence-electron chi connectivity index (χ2n) is 4.05. The second kappa shape index (κ2) is 7.63. The number of rotatable bonds is 1. The van der Waals surface area contributed by atoms with Crippen molar-refractivity contribution < 1.29 is 19.1 Å². The molecule has 0 N–H and O–H groups in total. The van der Waals surface area contributed by atoms with Crippen LogP contribution in [-0.2, 0) is 14.3 Å². The molecule has 0 amide bonds. The summed E-state index contributed by atoms with van der Waals surface area (Å²) in [5.41, 5.74) is 9.77. The van der Waals surface area contributed by atoms with Crippen LogP contribution in [0.4, 0.5) is 0 Å². The summed E-state index contributed by atoms with van der Waals surface area (Å²) in [5, 5.41) is 0. The van der Waals surface area contributed by atoms with E-state index in [1.165, 1.54) is 0 Å². The summed E-state index contributed by atoms with van der Waals surface area (Å²) >= 11 is 0. The first-order valence-corrected chi connectivity index (χ1v) is 5.86. The molecule has 0 unspecified atom stereocenters. The normalized spacial score (nSPS) is 21.4. The van der Waals surface area contributed by atoms with Crippen LogP contribution in [0, 0.1) is 0 Å². The van der Waals surface area contributed by atoms with Crippen molar-refractivity contribution >= 4 is 11.7 Å². The minimum Gasteiger partial charge on any atom is -0.504 e. The summed E-state index contributed by atoms with van der Waals surface area (Å²) in [6.07, 6.45) is 6.96. The van der Waals surface area contributed by atoms with Gasteiger partial charge in [-0.25, -0.2) is 4.79 Å². The molecular weight excluding hydrogens is 220 g/mol. The van der Waals surface area contributed by atoms with E-state index >= 15 is 0 Å². The Morgan fingerprint density at radius 1 is 1.29 bits per heavy atom. The second-order valence-corrected chi connectivity index (χ2v) is 4.05. The van der Waals surface area contributed by atoms with Crippen molar-refractivity contribution in [1.29, 1.82) is 0 Å². The van der Waals surface area contributed by atoms with Gasteiger partial charge in [0.1, 0.15) is 6.61 Å². The van der Waals surface area contributed by atoms with E-state index in [2.05, 4.69) is 4.79 Å². The van der Waals surface area contributed by atoms with Gasteiger partial charge in [0.2, 0.25) is 0 Å². The minimum atomic E-state index is -0.545. The highest BCUT2D eigenvalue weighted by Gasteiger charge is 2.22. The first kappa shape index (κ1) is 13.5. The maximum Gasteiger partial charge on any atom is 0.417 e. The number of cyclic esters (lactones) is 1. The lowest BCUT2D eigenvalue weighted by molar-refractivity contribution is -0.139. The quantitative estimate of drug-likeness (QED) is 0.304. The van der Waals surface area contributed by atoms with Gasteiger partial charge in [-0.2, -0.15) is 4.79 Å². The third-order valence-electron chi connectivity index (χ3n) is 2.69. The van der Waals surface area contributed by atoms with E-state index in [1.54, 1.807) is 13.4 Å². The summed E-state index contributed by atoms with van der Waals surface area (Å²) < 4.78 is 10.0. The number of methoxy groups -OCH3 is 1. The summed E-state index contributed by atoms with van der Waals surface area (Å²) in [5.74, 6) is -0.545. The van der Waals surface area contributed by atoms with Crippen molar-refractivity contribution in [2.24, 2.45) is 0 Å². The largest absolute Gasteiger partial charge is 0.504 e. The molecule has 1 fully saturated rings. The van der Waals surface area contributed by atoms with Gasteiger partial charge in [-0.15, -0.1) is 0 Å². The lowest BCUT2D eigenvalue weighted by Crippen LogP contribution is -2.19. The smallest absolute Gasteiger partial charge is 0.417 e. The van der Waals surface area contributed by atoms with Crippen LogP contribution in [0.15, 0.2) is 11.8 Å². The number of hydrogen-bond donors (Lipinski definition) is 0. The maximum absolute atomic E-state index is 11.5. The molecule has 1 heterocycles. The molecule has 17 heavy (non-hydrogen) atoms. The van der Waals surface area contributed by atoms with E-state index < -0.39 is 5.97 Å². The highest BCUT2D eigenvalue weighted by molar-refractivity contribution is 6.33. The van der Waals surface area contributed by atoms with Gasteiger partial charge in [0.25, 0.3) is 0 Å². The van der Waals surface area contributed by atoms with Gasteiger partial charge in [0.05, 0.1) is 19.8 Å². The van der Waals surface area contributed by atoms with E-state index in [0.717, 1.165) is 37.7 Å². The van der Waals surface area contributed by atoms with Gasteiger partial charge in [0, 0.05) is 5.57 Å². The first-order chi connectivity index (χ1) is 8.27. The number of carbonyl (C=O) groups excluding carboxylic acids is 1.